The Balaban J connectivity index is 0.00000264. The molecule has 0 bridgehead atoms. The van der Waals surface area contributed by atoms with Crippen molar-refractivity contribution in [2.24, 2.45) is 5.92 Å². The van der Waals surface area contributed by atoms with Crippen LogP contribution in [0, 0.1) is 5.92 Å². The zero-order valence-electron chi connectivity index (χ0n) is 13.8. The first-order valence-electron chi connectivity index (χ1n) is 7.47. The molecule has 23 heavy (non-hydrogen) atoms. The summed E-state index contributed by atoms with van der Waals surface area (Å²) in [6.45, 7) is 2.14. The zero-order valence-corrected chi connectivity index (χ0v) is 14.6. The van der Waals surface area contributed by atoms with Gasteiger partial charge < -0.3 is 24.8 Å². The zero-order chi connectivity index (χ0) is 15.9. The van der Waals surface area contributed by atoms with E-state index in [-0.39, 0.29) is 24.2 Å². The van der Waals surface area contributed by atoms with Gasteiger partial charge in [0.1, 0.15) is 5.75 Å². The fourth-order valence-electron chi connectivity index (χ4n) is 2.63. The second-order valence-electron chi connectivity index (χ2n) is 5.28. The molecule has 1 aliphatic heterocycles. The Morgan fingerprint density at radius 1 is 1.17 bits per heavy atom. The Hall–Kier alpha value is -1.66. The molecule has 1 fully saturated rings. The average Bonchev–Trinajstić information content (AvgIpc) is 2.59. The first kappa shape index (κ1) is 19.4. The normalized spacial score (nSPS) is 16.9. The van der Waals surface area contributed by atoms with Crippen LogP contribution in [0.15, 0.2) is 12.1 Å². The van der Waals surface area contributed by atoms with Gasteiger partial charge in [-0.3, -0.25) is 4.79 Å². The molecule has 0 aromatic heterocycles. The first-order valence-corrected chi connectivity index (χ1v) is 7.47. The summed E-state index contributed by atoms with van der Waals surface area (Å²) < 4.78 is 15.9. The highest BCUT2D eigenvalue weighted by Gasteiger charge is 2.21. The smallest absolute Gasteiger partial charge is 0.224 e. The molecular formula is C16H25ClN2O4. The molecule has 7 heteroatoms. The molecule has 1 aromatic carbocycles. The van der Waals surface area contributed by atoms with Gasteiger partial charge in [-0.15, -0.1) is 12.4 Å². The van der Waals surface area contributed by atoms with Crippen LogP contribution in [0.3, 0.4) is 0 Å². The quantitative estimate of drug-likeness (QED) is 0.823. The number of carbonyl (C=O) groups is 1. The van der Waals surface area contributed by atoms with Crippen LogP contribution in [-0.2, 0) is 11.3 Å². The van der Waals surface area contributed by atoms with Gasteiger partial charge in [-0.25, -0.2) is 0 Å². The number of benzene rings is 1. The Labute approximate surface area is 143 Å². The van der Waals surface area contributed by atoms with Crippen molar-refractivity contribution < 1.29 is 19.0 Å². The van der Waals surface area contributed by atoms with Crippen molar-refractivity contribution in [3.8, 4) is 17.2 Å². The molecular weight excluding hydrogens is 320 g/mol. The number of nitrogens with one attached hydrogen (secondary N) is 2. The number of amides is 1. The molecule has 1 aliphatic rings. The van der Waals surface area contributed by atoms with Gasteiger partial charge in [0, 0.05) is 24.7 Å². The van der Waals surface area contributed by atoms with Gasteiger partial charge in [-0.2, -0.15) is 0 Å². The standard InChI is InChI=1S/C16H24N2O4.ClH/c1-20-13-8-15(22-3)14(21-2)7-12(13)10-18-16(19)11-5-4-6-17-9-11;/h7-8,11,17H,4-6,9-10H2,1-3H3,(H,18,19);1H. The lowest BCUT2D eigenvalue weighted by atomic mass is 9.99. The Morgan fingerprint density at radius 3 is 2.39 bits per heavy atom. The second kappa shape index (κ2) is 9.47. The minimum Gasteiger partial charge on any atom is -0.496 e. The number of piperidine rings is 1. The van der Waals surface area contributed by atoms with Gasteiger partial charge >= 0.3 is 0 Å². The third-order valence-electron chi connectivity index (χ3n) is 3.91. The lowest BCUT2D eigenvalue weighted by Gasteiger charge is -2.22. The Bertz CT molecular complexity index is 519. The van der Waals surface area contributed by atoms with Gasteiger partial charge in [0.2, 0.25) is 5.91 Å². The number of hydrogen-bond donors (Lipinski definition) is 2. The molecule has 6 nitrogen and oxygen atoms in total. The number of carbonyl (C=O) groups excluding carboxylic acids is 1. The van der Waals surface area contributed by atoms with Crippen LogP contribution in [0.5, 0.6) is 17.2 Å². The van der Waals surface area contributed by atoms with Gasteiger partial charge in [0.05, 0.1) is 27.2 Å². The minimum absolute atomic E-state index is 0. The van der Waals surface area contributed by atoms with Crippen molar-refractivity contribution in [2.75, 3.05) is 34.4 Å². The van der Waals surface area contributed by atoms with E-state index in [2.05, 4.69) is 10.6 Å². The highest BCUT2D eigenvalue weighted by Crippen LogP contribution is 2.34. The molecule has 130 valence electrons. The number of methoxy groups -OCH3 is 3. The van der Waals surface area contributed by atoms with Crippen LogP contribution in [-0.4, -0.2) is 40.3 Å². The third kappa shape index (κ3) is 4.91. The van der Waals surface area contributed by atoms with E-state index in [1.165, 1.54) is 0 Å². The number of rotatable bonds is 6. The fourth-order valence-corrected chi connectivity index (χ4v) is 2.63. The van der Waals surface area contributed by atoms with E-state index in [4.69, 9.17) is 14.2 Å². The van der Waals surface area contributed by atoms with Gasteiger partial charge in [-0.1, -0.05) is 0 Å². The maximum atomic E-state index is 12.2. The van der Waals surface area contributed by atoms with Gasteiger partial charge in [0.25, 0.3) is 0 Å². The highest BCUT2D eigenvalue weighted by atomic mass is 35.5. The average molecular weight is 345 g/mol. The lowest BCUT2D eigenvalue weighted by molar-refractivity contribution is -0.125. The summed E-state index contributed by atoms with van der Waals surface area (Å²) in [5.41, 5.74) is 0.859. The van der Waals surface area contributed by atoms with E-state index in [9.17, 15) is 4.79 Å². The second-order valence-corrected chi connectivity index (χ2v) is 5.28. The molecule has 0 saturated carbocycles. The van der Waals surface area contributed by atoms with Crippen LogP contribution in [0.4, 0.5) is 0 Å². The first-order chi connectivity index (χ1) is 10.7. The third-order valence-corrected chi connectivity index (χ3v) is 3.91. The van der Waals surface area contributed by atoms with E-state index in [0.29, 0.717) is 23.8 Å². The lowest BCUT2D eigenvalue weighted by Crippen LogP contribution is -2.40. The van der Waals surface area contributed by atoms with Crippen molar-refractivity contribution >= 4 is 18.3 Å². The Kier molecular flexibility index (Phi) is 7.98. The summed E-state index contributed by atoms with van der Waals surface area (Å²) in [7, 11) is 4.76. The monoisotopic (exact) mass is 344 g/mol. The van der Waals surface area contributed by atoms with E-state index < -0.39 is 0 Å². The number of halogens is 1. The molecule has 1 atom stereocenters. The topological polar surface area (TPSA) is 68.8 Å². The van der Waals surface area contributed by atoms with E-state index in [0.717, 1.165) is 31.5 Å². The molecule has 0 radical (unpaired) electrons. The maximum absolute atomic E-state index is 12.2. The molecule has 2 rings (SSSR count). The maximum Gasteiger partial charge on any atom is 0.224 e. The predicted octanol–water partition coefficient (Wildman–Crippen LogP) is 1.75. The molecule has 1 unspecified atom stereocenters. The SMILES string of the molecule is COc1cc(OC)c(OC)cc1CNC(=O)C1CCCNC1.Cl. The van der Waals surface area contributed by atoms with E-state index in [1.54, 1.807) is 27.4 Å². The van der Waals surface area contributed by atoms with Gasteiger partial charge in [0.15, 0.2) is 11.5 Å². The molecule has 1 heterocycles. The number of ether oxygens (including phenoxy) is 3. The highest BCUT2D eigenvalue weighted by molar-refractivity contribution is 5.85. The van der Waals surface area contributed by atoms with E-state index in [1.807, 2.05) is 6.07 Å². The van der Waals surface area contributed by atoms with Crippen LogP contribution in [0.2, 0.25) is 0 Å². The van der Waals surface area contributed by atoms with Crippen LogP contribution >= 0.6 is 12.4 Å². The summed E-state index contributed by atoms with van der Waals surface area (Å²) in [6, 6.07) is 3.60. The largest absolute Gasteiger partial charge is 0.496 e. The molecule has 0 aliphatic carbocycles. The van der Waals surface area contributed by atoms with E-state index >= 15 is 0 Å². The predicted molar refractivity (Wildman–Crippen MR) is 90.8 cm³/mol. The van der Waals surface area contributed by atoms with Crippen molar-refractivity contribution in [3.05, 3.63) is 17.7 Å². The van der Waals surface area contributed by atoms with Crippen LogP contribution in [0.25, 0.3) is 0 Å². The number of hydrogen-bond acceptors (Lipinski definition) is 5. The van der Waals surface area contributed by atoms with Crippen molar-refractivity contribution in [1.29, 1.82) is 0 Å². The summed E-state index contributed by atoms with van der Waals surface area (Å²) in [4.78, 5) is 12.2. The van der Waals surface area contributed by atoms with Crippen LogP contribution < -0.4 is 24.8 Å². The van der Waals surface area contributed by atoms with Crippen molar-refractivity contribution in [3.63, 3.8) is 0 Å². The van der Waals surface area contributed by atoms with Crippen molar-refractivity contribution in [2.45, 2.75) is 19.4 Å². The Morgan fingerprint density at radius 2 is 1.83 bits per heavy atom. The molecule has 1 saturated heterocycles. The molecule has 0 spiro atoms. The molecule has 2 N–H and O–H groups in total. The summed E-state index contributed by atoms with van der Waals surface area (Å²) >= 11 is 0. The van der Waals surface area contributed by atoms with Crippen LogP contribution in [0.1, 0.15) is 18.4 Å². The summed E-state index contributed by atoms with van der Waals surface area (Å²) in [5, 5.41) is 6.22. The molecule has 1 amide bonds. The minimum atomic E-state index is 0. The van der Waals surface area contributed by atoms with Crippen molar-refractivity contribution in [1.82, 2.24) is 10.6 Å². The summed E-state index contributed by atoms with van der Waals surface area (Å²) in [6.07, 6.45) is 1.97. The summed E-state index contributed by atoms with van der Waals surface area (Å²) in [5.74, 6) is 2.00. The fraction of sp³-hybridized carbons (Fsp3) is 0.562. The van der Waals surface area contributed by atoms with Gasteiger partial charge in [-0.05, 0) is 25.5 Å². The molecule has 1 aromatic rings.